The lowest BCUT2D eigenvalue weighted by atomic mass is 10.1. The van der Waals surface area contributed by atoms with Crippen LogP contribution in [0.4, 0.5) is 0 Å². The second kappa shape index (κ2) is 5.07. The van der Waals surface area contributed by atoms with Crippen molar-refractivity contribution in [2.24, 2.45) is 11.7 Å². The molecule has 0 saturated carbocycles. The molecule has 1 aromatic rings. The van der Waals surface area contributed by atoms with Gasteiger partial charge in [0.25, 0.3) is 0 Å². The quantitative estimate of drug-likeness (QED) is 0.735. The van der Waals surface area contributed by atoms with Crippen LogP contribution in [0.3, 0.4) is 0 Å². The van der Waals surface area contributed by atoms with Gasteiger partial charge < -0.3 is 15.2 Å². The normalized spacial score (nSPS) is 13.5. The Kier molecular flexibility index (Phi) is 4.03. The van der Waals surface area contributed by atoms with E-state index in [4.69, 9.17) is 10.3 Å². The van der Waals surface area contributed by atoms with E-state index < -0.39 is 0 Å². The SMILES string of the molecule is CC(CN)Cc1nc(CN(C)C)no1. The first-order chi connectivity index (χ1) is 6.61. The second-order valence-corrected chi connectivity index (χ2v) is 3.89. The number of aromatic nitrogens is 2. The van der Waals surface area contributed by atoms with Crippen molar-refractivity contribution >= 4 is 0 Å². The molecule has 0 saturated heterocycles. The molecule has 5 heteroatoms. The molecule has 2 N–H and O–H groups in total. The minimum atomic E-state index is 0.391. The molecule has 1 aromatic heterocycles. The smallest absolute Gasteiger partial charge is 0.227 e. The topological polar surface area (TPSA) is 68.2 Å². The number of nitrogens with two attached hydrogens (primary N) is 1. The van der Waals surface area contributed by atoms with Gasteiger partial charge >= 0.3 is 0 Å². The summed E-state index contributed by atoms with van der Waals surface area (Å²) in [6, 6.07) is 0. The summed E-state index contributed by atoms with van der Waals surface area (Å²) in [6.07, 6.45) is 0.761. The highest BCUT2D eigenvalue weighted by Crippen LogP contribution is 2.05. The van der Waals surface area contributed by atoms with Crippen molar-refractivity contribution in [1.29, 1.82) is 0 Å². The van der Waals surface area contributed by atoms with Crippen LogP contribution < -0.4 is 5.73 Å². The van der Waals surface area contributed by atoms with Gasteiger partial charge in [-0.25, -0.2) is 0 Å². The molecule has 0 aliphatic carbocycles. The van der Waals surface area contributed by atoms with Gasteiger partial charge in [-0.2, -0.15) is 4.98 Å². The highest BCUT2D eigenvalue weighted by atomic mass is 16.5. The third kappa shape index (κ3) is 3.43. The van der Waals surface area contributed by atoms with E-state index in [1.54, 1.807) is 0 Å². The predicted octanol–water partition coefficient (Wildman–Crippen LogP) is 0.269. The number of hydrogen-bond donors (Lipinski definition) is 1. The fraction of sp³-hybridized carbons (Fsp3) is 0.778. The van der Waals surface area contributed by atoms with Crippen LogP contribution in [0.5, 0.6) is 0 Å². The monoisotopic (exact) mass is 198 g/mol. The summed E-state index contributed by atoms with van der Waals surface area (Å²) in [7, 11) is 3.94. The maximum absolute atomic E-state index is 5.51. The third-order valence-electron chi connectivity index (χ3n) is 1.89. The molecule has 5 nitrogen and oxygen atoms in total. The van der Waals surface area contributed by atoms with Crippen molar-refractivity contribution in [2.45, 2.75) is 19.9 Å². The molecule has 14 heavy (non-hydrogen) atoms. The summed E-state index contributed by atoms with van der Waals surface area (Å²) in [5.74, 6) is 1.80. The van der Waals surface area contributed by atoms with Crippen molar-refractivity contribution in [3.63, 3.8) is 0 Å². The molecule has 0 spiro atoms. The van der Waals surface area contributed by atoms with Gasteiger partial charge in [0.15, 0.2) is 5.82 Å². The van der Waals surface area contributed by atoms with Crippen molar-refractivity contribution in [3.8, 4) is 0 Å². The molecule has 1 atom stereocenters. The van der Waals surface area contributed by atoms with Crippen molar-refractivity contribution in [3.05, 3.63) is 11.7 Å². The highest BCUT2D eigenvalue weighted by molar-refractivity contribution is 4.87. The largest absolute Gasteiger partial charge is 0.339 e. The van der Waals surface area contributed by atoms with Crippen LogP contribution in [0.25, 0.3) is 0 Å². The fourth-order valence-corrected chi connectivity index (χ4v) is 1.10. The molecule has 0 fully saturated rings. The predicted molar refractivity (Wildman–Crippen MR) is 53.6 cm³/mol. The maximum Gasteiger partial charge on any atom is 0.227 e. The Bertz CT molecular complexity index is 272. The number of nitrogens with zero attached hydrogens (tertiary/aromatic N) is 3. The molecule has 80 valence electrons. The molecule has 0 aliphatic rings. The van der Waals surface area contributed by atoms with Crippen molar-refractivity contribution in [2.75, 3.05) is 20.6 Å². The molecule has 0 amide bonds. The summed E-state index contributed by atoms with van der Waals surface area (Å²) >= 11 is 0. The van der Waals surface area contributed by atoms with Crippen LogP contribution in [-0.4, -0.2) is 35.7 Å². The van der Waals surface area contributed by atoms with E-state index in [0.29, 0.717) is 24.9 Å². The summed E-state index contributed by atoms with van der Waals surface area (Å²) in [5.41, 5.74) is 5.51. The average molecular weight is 198 g/mol. The highest BCUT2D eigenvalue weighted by Gasteiger charge is 2.09. The molecule has 0 bridgehead atoms. The molecule has 0 aromatic carbocycles. The molecule has 1 unspecified atom stereocenters. The van der Waals surface area contributed by atoms with Crippen molar-refractivity contribution in [1.82, 2.24) is 15.0 Å². The minimum absolute atomic E-state index is 0.391. The lowest BCUT2D eigenvalue weighted by molar-refractivity contribution is 0.340. The van der Waals surface area contributed by atoms with Crippen LogP contribution in [0.1, 0.15) is 18.6 Å². The number of hydrogen-bond acceptors (Lipinski definition) is 5. The van der Waals surface area contributed by atoms with E-state index in [0.717, 1.165) is 12.2 Å². The summed E-state index contributed by atoms with van der Waals surface area (Å²) in [5, 5.41) is 3.88. The van der Waals surface area contributed by atoms with Gasteiger partial charge in [-0.15, -0.1) is 0 Å². The van der Waals surface area contributed by atoms with E-state index in [-0.39, 0.29) is 0 Å². The van der Waals surface area contributed by atoms with Crippen LogP contribution >= 0.6 is 0 Å². The zero-order chi connectivity index (χ0) is 10.6. The van der Waals surface area contributed by atoms with Crippen LogP contribution in [0, 0.1) is 5.92 Å². The standard InChI is InChI=1S/C9H18N4O/c1-7(5-10)4-9-11-8(12-14-9)6-13(2)3/h7H,4-6,10H2,1-3H3. The van der Waals surface area contributed by atoms with E-state index in [9.17, 15) is 0 Å². The molecular weight excluding hydrogens is 180 g/mol. The lowest BCUT2D eigenvalue weighted by Crippen LogP contribution is -2.14. The summed E-state index contributed by atoms with van der Waals surface area (Å²) in [4.78, 5) is 6.26. The van der Waals surface area contributed by atoms with Gasteiger partial charge in [-0.3, -0.25) is 0 Å². The molecule has 0 aliphatic heterocycles. The van der Waals surface area contributed by atoms with Crippen molar-refractivity contribution < 1.29 is 4.52 Å². The Morgan fingerprint density at radius 3 is 2.79 bits per heavy atom. The maximum atomic E-state index is 5.51. The Hall–Kier alpha value is -0.940. The van der Waals surface area contributed by atoms with E-state index in [1.165, 1.54) is 0 Å². The molecule has 1 heterocycles. The summed E-state index contributed by atoms with van der Waals surface area (Å²) < 4.78 is 5.09. The average Bonchev–Trinajstić information content (AvgIpc) is 2.51. The first kappa shape index (κ1) is 11.1. The number of rotatable bonds is 5. The molecular formula is C9H18N4O. The molecule has 1 rings (SSSR count). The first-order valence-corrected chi connectivity index (χ1v) is 4.78. The van der Waals surface area contributed by atoms with Gasteiger partial charge in [-0.05, 0) is 26.6 Å². The van der Waals surface area contributed by atoms with Gasteiger partial charge in [0.2, 0.25) is 5.89 Å². The van der Waals surface area contributed by atoms with Gasteiger partial charge in [0, 0.05) is 6.42 Å². The Balaban J connectivity index is 2.50. The summed E-state index contributed by atoms with van der Waals surface area (Å²) in [6.45, 7) is 3.42. The van der Waals surface area contributed by atoms with Crippen LogP contribution in [0.2, 0.25) is 0 Å². The fourth-order valence-electron chi connectivity index (χ4n) is 1.10. The van der Waals surface area contributed by atoms with Crippen LogP contribution in [0.15, 0.2) is 4.52 Å². The first-order valence-electron chi connectivity index (χ1n) is 4.78. The Morgan fingerprint density at radius 1 is 1.50 bits per heavy atom. The van der Waals surface area contributed by atoms with Crippen LogP contribution in [-0.2, 0) is 13.0 Å². The lowest BCUT2D eigenvalue weighted by Gasteiger charge is -2.03. The van der Waals surface area contributed by atoms with Gasteiger partial charge in [-0.1, -0.05) is 12.1 Å². The van der Waals surface area contributed by atoms with Gasteiger partial charge in [0.05, 0.1) is 6.54 Å². The minimum Gasteiger partial charge on any atom is -0.339 e. The zero-order valence-electron chi connectivity index (χ0n) is 9.03. The van der Waals surface area contributed by atoms with E-state index in [2.05, 4.69) is 17.1 Å². The Morgan fingerprint density at radius 2 is 2.21 bits per heavy atom. The van der Waals surface area contributed by atoms with E-state index >= 15 is 0 Å². The zero-order valence-corrected chi connectivity index (χ0v) is 9.03. The third-order valence-corrected chi connectivity index (χ3v) is 1.89. The second-order valence-electron chi connectivity index (χ2n) is 3.89. The van der Waals surface area contributed by atoms with Gasteiger partial charge in [0.1, 0.15) is 0 Å². The molecule has 0 radical (unpaired) electrons. The van der Waals surface area contributed by atoms with E-state index in [1.807, 2.05) is 19.0 Å². The Labute approximate surface area is 84.3 Å².